The van der Waals surface area contributed by atoms with E-state index < -0.39 is 0 Å². The van der Waals surface area contributed by atoms with Crippen LogP contribution in [0.1, 0.15) is 46.5 Å². The second-order valence-corrected chi connectivity index (χ2v) is 4.68. The minimum atomic E-state index is 0.421. The summed E-state index contributed by atoms with van der Waals surface area (Å²) in [5, 5.41) is 3.70. The van der Waals surface area contributed by atoms with Crippen LogP contribution in [0, 0.1) is 0 Å². The Bertz CT molecular complexity index is 164. The lowest BCUT2D eigenvalue weighted by Gasteiger charge is -2.48. The quantitative estimate of drug-likeness (QED) is 0.745. The molecule has 84 valence electrons. The molecule has 1 aliphatic heterocycles. The third kappa shape index (κ3) is 2.29. The van der Waals surface area contributed by atoms with E-state index in [1.54, 1.807) is 0 Å². The van der Waals surface area contributed by atoms with E-state index in [9.17, 15) is 0 Å². The van der Waals surface area contributed by atoms with E-state index in [1.807, 2.05) is 0 Å². The molecule has 1 unspecified atom stereocenters. The molecule has 1 rings (SSSR count). The van der Waals surface area contributed by atoms with Crippen molar-refractivity contribution in [1.82, 2.24) is 10.2 Å². The molecule has 1 N–H and O–H groups in total. The molecule has 0 bridgehead atoms. The molecule has 1 atom stereocenters. The Labute approximate surface area is 89.1 Å². The van der Waals surface area contributed by atoms with Gasteiger partial charge in [-0.05, 0) is 26.3 Å². The summed E-state index contributed by atoms with van der Waals surface area (Å²) in [5.74, 6) is 0. The molecule has 0 aliphatic carbocycles. The van der Waals surface area contributed by atoms with E-state index in [0.717, 1.165) is 6.04 Å². The van der Waals surface area contributed by atoms with E-state index >= 15 is 0 Å². The van der Waals surface area contributed by atoms with Gasteiger partial charge in [0.15, 0.2) is 0 Å². The second kappa shape index (κ2) is 5.13. The van der Waals surface area contributed by atoms with Gasteiger partial charge < -0.3 is 5.32 Å². The fourth-order valence-corrected chi connectivity index (χ4v) is 2.64. The van der Waals surface area contributed by atoms with E-state index in [-0.39, 0.29) is 0 Å². The van der Waals surface area contributed by atoms with Crippen LogP contribution in [0.4, 0.5) is 0 Å². The number of hydrogen-bond acceptors (Lipinski definition) is 2. The fourth-order valence-electron chi connectivity index (χ4n) is 2.64. The first kappa shape index (κ1) is 12.0. The van der Waals surface area contributed by atoms with Crippen molar-refractivity contribution in [2.75, 3.05) is 20.1 Å². The van der Waals surface area contributed by atoms with Gasteiger partial charge >= 0.3 is 0 Å². The van der Waals surface area contributed by atoms with Crippen LogP contribution in [0.25, 0.3) is 0 Å². The minimum absolute atomic E-state index is 0.421. The molecule has 1 heterocycles. The Morgan fingerprint density at radius 3 is 2.36 bits per heavy atom. The molecule has 0 aromatic rings. The van der Waals surface area contributed by atoms with Crippen LogP contribution in [0.5, 0.6) is 0 Å². The molecule has 1 fully saturated rings. The van der Waals surface area contributed by atoms with Crippen LogP contribution in [0.3, 0.4) is 0 Å². The van der Waals surface area contributed by atoms with Gasteiger partial charge in [0.1, 0.15) is 0 Å². The third-order valence-corrected chi connectivity index (χ3v) is 3.98. The molecule has 0 aromatic carbocycles. The summed E-state index contributed by atoms with van der Waals surface area (Å²) >= 11 is 0. The van der Waals surface area contributed by atoms with Crippen LogP contribution < -0.4 is 5.32 Å². The van der Waals surface area contributed by atoms with Gasteiger partial charge in [0.2, 0.25) is 0 Å². The van der Waals surface area contributed by atoms with Gasteiger partial charge in [0, 0.05) is 24.7 Å². The average molecular weight is 198 g/mol. The number of hydrogen-bond donors (Lipinski definition) is 1. The van der Waals surface area contributed by atoms with Crippen molar-refractivity contribution in [3.63, 3.8) is 0 Å². The zero-order chi connectivity index (χ0) is 10.6. The summed E-state index contributed by atoms with van der Waals surface area (Å²) in [4.78, 5) is 2.57. The molecular weight excluding hydrogens is 172 g/mol. The lowest BCUT2D eigenvalue weighted by atomic mass is 9.87. The lowest BCUT2D eigenvalue weighted by Crippen LogP contribution is -2.62. The Hall–Kier alpha value is -0.0800. The lowest BCUT2D eigenvalue weighted by molar-refractivity contribution is 0.0544. The largest absolute Gasteiger partial charge is 0.311 e. The van der Waals surface area contributed by atoms with Crippen molar-refractivity contribution in [2.24, 2.45) is 0 Å². The van der Waals surface area contributed by atoms with Crippen LogP contribution in [-0.4, -0.2) is 36.6 Å². The summed E-state index contributed by atoms with van der Waals surface area (Å²) in [6.45, 7) is 9.27. The zero-order valence-corrected chi connectivity index (χ0v) is 10.3. The predicted octanol–water partition coefficient (Wildman–Crippen LogP) is 2.25. The highest BCUT2D eigenvalue weighted by Gasteiger charge is 2.35. The van der Waals surface area contributed by atoms with Crippen molar-refractivity contribution in [3.8, 4) is 0 Å². The van der Waals surface area contributed by atoms with Crippen LogP contribution in [0.15, 0.2) is 0 Å². The first-order valence-corrected chi connectivity index (χ1v) is 6.13. The molecule has 2 heteroatoms. The maximum Gasteiger partial charge on any atom is 0.0326 e. The normalized spacial score (nSPS) is 27.9. The Balaban J connectivity index is 2.54. The van der Waals surface area contributed by atoms with Gasteiger partial charge in [-0.15, -0.1) is 0 Å². The summed E-state index contributed by atoms with van der Waals surface area (Å²) in [6.07, 6.45) is 5.11. The van der Waals surface area contributed by atoms with E-state index in [2.05, 4.69) is 38.0 Å². The van der Waals surface area contributed by atoms with Crippen LogP contribution in [-0.2, 0) is 0 Å². The van der Waals surface area contributed by atoms with Gasteiger partial charge in [0.25, 0.3) is 0 Å². The standard InChI is InChI=1S/C12H26N2/c1-5-8-11-9-14(4)12(6-2,7-3)10-13-11/h11,13H,5-10H2,1-4H3. The number of piperazine rings is 1. The number of nitrogens with one attached hydrogen (secondary N) is 1. The molecule has 0 saturated carbocycles. The molecule has 1 saturated heterocycles. The molecule has 2 nitrogen and oxygen atoms in total. The molecule has 0 amide bonds. The molecule has 0 spiro atoms. The van der Waals surface area contributed by atoms with Crippen molar-refractivity contribution in [2.45, 2.75) is 58.0 Å². The first-order chi connectivity index (χ1) is 6.68. The summed E-state index contributed by atoms with van der Waals surface area (Å²) in [6, 6.07) is 0.719. The van der Waals surface area contributed by atoms with Crippen molar-refractivity contribution in [1.29, 1.82) is 0 Å². The fraction of sp³-hybridized carbons (Fsp3) is 1.00. The maximum absolute atomic E-state index is 3.70. The Morgan fingerprint density at radius 1 is 1.29 bits per heavy atom. The second-order valence-electron chi connectivity index (χ2n) is 4.68. The molecule has 0 aromatic heterocycles. The summed E-state index contributed by atoms with van der Waals surface area (Å²) in [5.41, 5.74) is 0.421. The highest BCUT2D eigenvalue weighted by atomic mass is 15.2. The SMILES string of the molecule is CCCC1CN(C)C(CC)(CC)CN1. The Morgan fingerprint density at radius 2 is 1.93 bits per heavy atom. The van der Waals surface area contributed by atoms with Crippen LogP contribution in [0.2, 0.25) is 0 Å². The summed E-state index contributed by atoms with van der Waals surface area (Å²) in [7, 11) is 2.29. The van der Waals surface area contributed by atoms with E-state index in [0.29, 0.717) is 5.54 Å². The number of likely N-dealkylation sites (N-methyl/N-ethyl adjacent to an activating group) is 1. The van der Waals surface area contributed by atoms with Gasteiger partial charge in [-0.3, -0.25) is 4.90 Å². The molecular formula is C12H26N2. The minimum Gasteiger partial charge on any atom is -0.311 e. The average Bonchev–Trinajstić information content (AvgIpc) is 2.20. The summed E-state index contributed by atoms with van der Waals surface area (Å²) < 4.78 is 0. The van der Waals surface area contributed by atoms with Crippen molar-refractivity contribution >= 4 is 0 Å². The van der Waals surface area contributed by atoms with Gasteiger partial charge in [-0.1, -0.05) is 27.2 Å². The van der Waals surface area contributed by atoms with E-state index in [4.69, 9.17) is 0 Å². The van der Waals surface area contributed by atoms with E-state index in [1.165, 1.54) is 38.8 Å². The van der Waals surface area contributed by atoms with Gasteiger partial charge in [-0.25, -0.2) is 0 Å². The van der Waals surface area contributed by atoms with Gasteiger partial charge in [0.05, 0.1) is 0 Å². The Kier molecular flexibility index (Phi) is 4.39. The van der Waals surface area contributed by atoms with Crippen molar-refractivity contribution < 1.29 is 0 Å². The van der Waals surface area contributed by atoms with Gasteiger partial charge in [-0.2, -0.15) is 0 Å². The third-order valence-electron chi connectivity index (χ3n) is 3.98. The van der Waals surface area contributed by atoms with Crippen molar-refractivity contribution in [3.05, 3.63) is 0 Å². The smallest absolute Gasteiger partial charge is 0.0326 e. The molecule has 14 heavy (non-hydrogen) atoms. The molecule has 1 aliphatic rings. The highest BCUT2D eigenvalue weighted by Crippen LogP contribution is 2.25. The topological polar surface area (TPSA) is 15.3 Å². The first-order valence-electron chi connectivity index (χ1n) is 6.13. The zero-order valence-electron chi connectivity index (χ0n) is 10.3. The maximum atomic E-state index is 3.70. The van der Waals surface area contributed by atoms with Crippen LogP contribution >= 0.6 is 0 Å². The molecule has 0 radical (unpaired) electrons. The predicted molar refractivity (Wildman–Crippen MR) is 62.6 cm³/mol. The number of nitrogens with zero attached hydrogens (tertiary/aromatic N) is 1. The monoisotopic (exact) mass is 198 g/mol. The number of rotatable bonds is 4. The highest BCUT2D eigenvalue weighted by molar-refractivity contribution is 4.95.